The van der Waals surface area contributed by atoms with Crippen LogP contribution in [0.5, 0.6) is 0 Å². The topological polar surface area (TPSA) is 102 Å². The van der Waals surface area contributed by atoms with E-state index in [-0.39, 0.29) is 12.3 Å². The van der Waals surface area contributed by atoms with Gasteiger partial charge in [-0.25, -0.2) is 0 Å². The molecular formula is C11H20N2O4. The van der Waals surface area contributed by atoms with Gasteiger partial charge in [0.25, 0.3) is 0 Å². The first-order valence-electron chi connectivity index (χ1n) is 5.92. The first-order chi connectivity index (χ1) is 8.09. The Labute approximate surface area is 101 Å². The highest BCUT2D eigenvalue weighted by molar-refractivity contribution is 5.84. The fourth-order valence-electron chi connectivity index (χ4n) is 1.81. The number of carboxylic acid groups (broad SMARTS) is 1. The zero-order valence-electron chi connectivity index (χ0n) is 9.85. The van der Waals surface area contributed by atoms with Crippen molar-refractivity contribution in [2.45, 2.75) is 31.7 Å². The molecule has 1 aliphatic heterocycles. The quantitative estimate of drug-likeness (QED) is 0.596. The molecule has 1 rings (SSSR count). The number of carboxylic acids is 1. The summed E-state index contributed by atoms with van der Waals surface area (Å²) < 4.78 is 5.24. The Morgan fingerprint density at radius 3 is 2.65 bits per heavy atom. The molecule has 0 spiro atoms. The lowest BCUT2D eigenvalue weighted by atomic mass is 9.97. The molecule has 1 unspecified atom stereocenters. The van der Waals surface area contributed by atoms with Crippen LogP contribution >= 0.6 is 0 Å². The van der Waals surface area contributed by atoms with Gasteiger partial charge in [-0.1, -0.05) is 0 Å². The van der Waals surface area contributed by atoms with Gasteiger partial charge in [0, 0.05) is 19.8 Å². The second-order valence-corrected chi connectivity index (χ2v) is 4.34. The average molecular weight is 244 g/mol. The van der Waals surface area contributed by atoms with Crippen LogP contribution in [0.15, 0.2) is 0 Å². The second kappa shape index (κ2) is 7.24. The Bertz CT molecular complexity index is 264. The van der Waals surface area contributed by atoms with E-state index in [9.17, 15) is 9.59 Å². The third-order valence-corrected chi connectivity index (χ3v) is 2.94. The molecule has 0 bridgehead atoms. The summed E-state index contributed by atoms with van der Waals surface area (Å²) in [6.07, 6.45) is 2.82. The molecule has 1 fully saturated rings. The van der Waals surface area contributed by atoms with Crippen molar-refractivity contribution in [2.24, 2.45) is 11.7 Å². The molecule has 0 aliphatic carbocycles. The van der Waals surface area contributed by atoms with Gasteiger partial charge in [0.15, 0.2) is 0 Å². The molecule has 1 atom stereocenters. The summed E-state index contributed by atoms with van der Waals surface area (Å²) in [5.74, 6) is -0.853. The number of carbonyl (C=O) groups excluding carboxylic acids is 1. The molecule has 1 amide bonds. The van der Waals surface area contributed by atoms with Gasteiger partial charge in [-0.15, -0.1) is 0 Å². The highest BCUT2D eigenvalue weighted by Gasteiger charge is 2.17. The third kappa shape index (κ3) is 5.65. The lowest BCUT2D eigenvalue weighted by Crippen LogP contribution is -2.37. The number of rotatable bonds is 6. The largest absolute Gasteiger partial charge is 0.480 e. The minimum atomic E-state index is -1.15. The van der Waals surface area contributed by atoms with Crippen LogP contribution in [0, 0.1) is 5.92 Å². The molecule has 17 heavy (non-hydrogen) atoms. The Morgan fingerprint density at radius 2 is 2.06 bits per heavy atom. The molecule has 4 N–H and O–H groups in total. The van der Waals surface area contributed by atoms with Crippen molar-refractivity contribution in [3.05, 3.63) is 0 Å². The van der Waals surface area contributed by atoms with Gasteiger partial charge >= 0.3 is 5.97 Å². The van der Waals surface area contributed by atoms with Gasteiger partial charge in [-0.3, -0.25) is 9.59 Å². The van der Waals surface area contributed by atoms with Gasteiger partial charge in [0.2, 0.25) is 5.91 Å². The zero-order chi connectivity index (χ0) is 12.7. The molecule has 1 saturated heterocycles. The lowest BCUT2D eigenvalue weighted by molar-refractivity contribution is -0.140. The maximum atomic E-state index is 11.3. The smallest absolute Gasteiger partial charge is 0.321 e. The van der Waals surface area contributed by atoms with Crippen LogP contribution in [0.1, 0.15) is 25.7 Å². The van der Waals surface area contributed by atoms with E-state index in [0.717, 1.165) is 32.5 Å². The molecule has 0 aromatic heterocycles. The van der Waals surface area contributed by atoms with E-state index in [1.54, 1.807) is 0 Å². The fraction of sp³-hybridized carbons (Fsp3) is 0.818. The van der Waals surface area contributed by atoms with Gasteiger partial charge in [0.1, 0.15) is 6.04 Å². The van der Waals surface area contributed by atoms with E-state index < -0.39 is 12.0 Å². The number of nitrogens with two attached hydrogens (primary N) is 1. The molecule has 0 aromatic rings. The van der Waals surface area contributed by atoms with Crippen LogP contribution in [0.4, 0.5) is 0 Å². The van der Waals surface area contributed by atoms with Crippen LogP contribution < -0.4 is 11.1 Å². The Balaban J connectivity index is 2.09. The van der Waals surface area contributed by atoms with Crippen LogP contribution in [0.25, 0.3) is 0 Å². The average Bonchev–Trinajstić information content (AvgIpc) is 2.30. The van der Waals surface area contributed by atoms with Crippen molar-refractivity contribution in [3.63, 3.8) is 0 Å². The summed E-state index contributed by atoms with van der Waals surface area (Å²) in [7, 11) is 0. The second-order valence-electron chi connectivity index (χ2n) is 4.34. The van der Waals surface area contributed by atoms with Crippen LogP contribution in [0.2, 0.25) is 0 Å². The minimum Gasteiger partial charge on any atom is -0.480 e. The highest BCUT2D eigenvalue weighted by atomic mass is 16.5. The van der Waals surface area contributed by atoms with Crippen LogP contribution in [-0.4, -0.2) is 42.8 Å². The van der Waals surface area contributed by atoms with E-state index in [1.165, 1.54) is 0 Å². The van der Waals surface area contributed by atoms with E-state index in [0.29, 0.717) is 12.5 Å². The number of hydrogen-bond acceptors (Lipinski definition) is 4. The van der Waals surface area contributed by atoms with Gasteiger partial charge in [0.05, 0.1) is 6.42 Å². The van der Waals surface area contributed by atoms with E-state index >= 15 is 0 Å². The summed E-state index contributed by atoms with van der Waals surface area (Å²) in [5.41, 5.74) is 5.26. The summed E-state index contributed by atoms with van der Waals surface area (Å²) >= 11 is 0. The van der Waals surface area contributed by atoms with Gasteiger partial charge in [-0.2, -0.15) is 0 Å². The highest BCUT2D eigenvalue weighted by Crippen LogP contribution is 2.17. The van der Waals surface area contributed by atoms with Crippen LogP contribution in [0.3, 0.4) is 0 Å². The minimum absolute atomic E-state index is 0.164. The Kier molecular flexibility index (Phi) is 5.93. The van der Waals surface area contributed by atoms with Crippen molar-refractivity contribution in [1.82, 2.24) is 5.32 Å². The molecule has 6 heteroatoms. The normalized spacial score (nSPS) is 18.6. The first kappa shape index (κ1) is 13.9. The van der Waals surface area contributed by atoms with E-state index in [4.69, 9.17) is 15.6 Å². The number of carbonyl (C=O) groups is 2. The summed E-state index contributed by atoms with van der Waals surface area (Å²) in [6, 6.07) is -1.11. The molecule has 1 heterocycles. The monoisotopic (exact) mass is 244 g/mol. The number of amides is 1. The molecular weight excluding hydrogens is 224 g/mol. The van der Waals surface area contributed by atoms with Crippen molar-refractivity contribution in [3.8, 4) is 0 Å². The van der Waals surface area contributed by atoms with Crippen molar-refractivity contribution in [1.29, 1.82) is 0 Å². The number of hydrogen-bond donors (Lipinski definition) is 3. The Hall–Kier alpha value is -1.14. The number of aliphatic carboxylic acids is 1. The molecule has 0 saturated carbocycles. The van der Waals surface area contributed by atoms with E-state index in [2.05, 4.69) is 5.32 Å². The molecule has 98 valence electrons. The summed E-state index contributed by atoms with van der Waals surface area (Å²) in [5, 5.41) is 11.2. The standard InChI is InChI=1S/C11H20N2O4/c12-9(11(15)16)7-10(14)13-4-1-8-2-5-17-6-3-8/h8-9H,1-7,12H2,(H,13,14)(H,15,16). The zero-order valence-corrected chi connectivity index (χ0v) is 9.85. The van der Waals surface area contributed by atoms with Gasteiger partial charge in [-0.05, 0) is 25.2 Å². The summed E-state index contributed by atoms with van der Waals surface area (Å²) in [4.78, 5) is 21.8. The third-order valence-electron chi connectivity index (χ3n) is 2.94. The van der Waals surface area contributed by atoms with Crippen molar-refractivity contribution in [2.75, 3.05) is 19.8 Å². The maximum Gasteiger partial charge on any atom is 0.321 e. The van der Waals surface area contributed by atoms with Crippen molar-refractivity contribution >= 4 is 11.9 Å². The van der Waals surface area contributed by atoms with Gasteiger partial charge < -0.3 is 20.9 Å². The van der Waals surface area contributed by atoms with E-state index in [1.807, 2.05) is 0 Å². The fourth-order valence-corrected chi connectivity index (χ4v) is 1.81. The predicted octanol–water partition coefficient (Wildman–Crippen LogP) is -0.279. The molecule has 0 radical (unpaired) electrons. The molecule has 1 aliphatic rings. The molecule has 6 nitrogen and oxygen atoms in total. The molecule has 0 aromatic carbocycles. The maximum absolute atomic E-state index is 11.3. The van der Waals surface area contributed by atoms with Crippen LogP contribution in [-0.2, 0) is 14.3 Å². The predicted molar refractivity (Wildman–Crippen MR) is 61.4 cm³/mol. The Morgan fingerprint density at radius 1 is 1.41 bits per heavy atom. The lowest BCUT2D eigenvalue weighted by Gasteiger charge is -2.21. The first-order valence-corrected chi connectivity index (χ1v) is 5.92. The van der Waals surface area contributed by atoms with Crippen molar-refractivity contribution < 1.29 is 19.4 Å². The number of nitrogens with one attached hydrogen (secondary N) is 1. The SMILES string of the molecule is NC(CC(=O)NCCC1CCOCC1)C(=O)O. The summed E-state index contributed by atoms with van der Waals surface area (Å²) in [6.45, 7) is 2.17. The number of ether oxygens (including phenoxy) is 1.